The van der Waals surface area contributed by atoms with E-state index in [1.54, 1.807) is 24.3 Å². The van der Waals surface area contributed by atoms with Crippen LogP contribution in [0.5, 0.6) is 0 Å². The lowest BCUT2D eigenvalue weighted by Gasteiger charge is -2.12. The molecule has 0 aliphatic carbocycles. The first kappa shape index (κ1) is 22.4. The van der Waals surface area contributed by atoms with Gasteiger partial charge in [0.25, 0.3) is 11.6 Å². The summed E-state index contributed by atoms with van der Waals surface area (Å²) in [5.74, 6) is 0.647. The van der Waals surface area contributed by atoms with Crippen LogP contribution in [-0.2, 0) is 11.2 Å². The Kier molecular flexibility index (Phi) is 6.59. The van der Waals surface area contributed by atoms with Crippen molar-refractivity contribution in [2.75, 3.05) is 5.32 Å². The topological polar surface area (TPSA) is 97.4 Å². The van der Waals surface area contributed by atoms with Crippen LogP contribution in [0.3, 0.4) is 0 Å². The normalized spacial score (nSPS) is 16.9. The molecule has 0 bridgehead atoms. The zero-order chi connectivity index (χ0) is 22.8. The van der Waals surface area contributed by atoms with E-state index in [0.717, 1.165) is 12.1 Å². The number of carbonyl (C=O) groups is 1. The Morgan fingerprint density at radius 2 is 2.03 bits per heavy atom. The number of thioether (sulfide) groups is 1. The summed E-state index contributed by atoms with van der Waals surface area (Å²) in [6, 6.07) is 14.4. The number of carbonyl (C=O) groups excluding carboxylic acids is 1. The van der Waals surface area contributed by atoms with Crippen LogP contribution in [0, 0.1) is 10.1 Å². The summed E-state index contributed by atoms with van der Waals surface area (Å²) in [5.41, 5.74) is 2.16. The monoisotopic (exact) mass is 533 g/mol. The second-order valence-electron chi connectivity index (χ2n) is 6.93. The van der Waals surface area contributed by atoms with Crippen molar-refractivity contribution in [1.29, 1.82) is 0 Å². The van der Waals surface area contributed by atoms with E-state index in [0.29, 0.717) is 22.0 Å². The van der Waals surface area contributed by atoms with Crippen LogP contribution in [0.1, 0.15) is 18.2 Å². The summed E-state index contributed by atoms with van der Waals surface area (Å²) in [4.78, 5) is 23.6. The maximum Gasteiger partial charge on any atom is 0.285 e. The summed E-state index contributed by atoms with van der Waals surface area (Å²) < 4.78 is 6.01. The van der Waals surface area contributed by atoms with E-state index in [9.17, 15) is 14.9 Å². The van der Waals surface area contributed by atoms with Crippen molar-refractivity contribution in [1.82, 2.24) is 5.32 Å². The minimum atomic E-state index is -0.520. The number of nitrogens with zero attached hydrogens (tertiary/aromatic N) is 1. The third-order valence-corrected chi connectivity index (χ3v) is 7.17. The standard InChI is InChI=1S/C22H17BrClN3O4S/c1-2-12-3-5-14(6-4-12)25-22-26-21(28)19(32-22)11-15-7-8-18(31-15)13-9-16(24)20(23)17(10-13)27(29)30/h3-11,22,25H,2H2,1H3,(H,26,28)/b19-11-/t22-/m0/s1. The molecular formula is C22H17BrClN3O4S. The SMILES string of the molecule is CCc1ccc(N[C@H]2NC(=O)/C(=C/c3ccc(-c4cc(Cl)c(Br)c([N+](=O)[O-])c4)o3)S2)cc1. The van der Waals surface area contributed by atoms with Gasteiger partial charge < -0.3 is 15.1 Å². The highest BCUT2D eigenvalue weighted by Gasteiger charge is 2.27. The van der Waals surface area contributed by atoms with Gasteiger partial charge in [-0.05, 0) is 58.2 Å². The smallest absolute Gasteiger partial charge is 0.285 e. The molecule has 2 aromatic carbocycles. The average molecular weight is 535 g/mol. The van der Waals surface area contributed by atoms with Crippen LogP contribution < -0.4 is 10.6 Å². The number of halogens is 2. The predicted molar refractivity (Wildman–Crippen MR) is 130 cm³/mol. The van der Waals surface area contributed by atoms with E-state index in [1.165, 1.54) is 23.4 Å². The molecule has 2 heterocycles. The number of hydrogen-bond acceptors (Lipinski definition) is 6. The molecule has 7 nitrogen and oxygen atoms in total. The molecule has 1 fully saturated rings. The third kappa shape index (κ3) is 4.85. The second-order valence-corrected chi connectivity index (χ2v) is 9.27. The van der Waals surface area contributed by atoms with Gasteiger partial charge in [-0.3, -0.25) is 14.9 Å². The van der Waals surface area contributed by atoms with Crippen molar-refractivity contribution in [2.24, 2.45) is 0 Å². The van der Waals surface area contributed by atoms with Crippen molar-refractivity contribution in [3.63, 3.8) is 0 Å². The van der Waals surface area contributed by atoms with E-state index >= 15 is 0 Å². The lowest BCUT2D eigenvalue weighted by molar-refractivity contribution is -0.385. The van der Waals surface area contributed by atoms with Gasteiger partial charge in [0.15, 0.2) is 5.50 Å². The van der Waals surface area contributed by atoms with E-state index < -0.39 is 4.92 Å². The highest BCUT2D eigenvalue weighted by Crippen LogP contribution is 2.38. The van der Waals surface area contributed by atoms with Crippen LogP contribution in [-0.4, -0.2) is 16.3 Å². The number of hydrogen-bond donors (Lipinski definition) is 2. The first-order valence-electron chi connectivity index (χ1n) is 9.62. The van der Waals surface area contributed by atoms with Crippen LogP contribution in [0.4, 0.5) is 11.4 Å². The minimum Gasteiger partial charge on any atom is -0.457 e. The quantitative estimate of drug-likeness (QED) is 0.215. The van der Waals surface area contributed by atoms with Gasteiger partial charge >= 0.3 is 0 Å². The number of furan rings is 1. The number of nitro groups is 1. The average Bonchev–Trinajstić information content (AvgIpc) is 3.37. The predicted octanol–water partition coefficient (Wildman–Crippen LogP) is 6.43. The Hall–Kier alpha value is -2.75. The number of nitro benzene ring substituents is 1. The molecule has 164 valence electrons. The van der Waals surface area contributed by atoms with Gasteiger partial charge in [0.05, 0.1) is 14.9 Å². The van der Waals surface area contributed by atoms with Gasteiger partial charge in [-0.2, -0.15) is 0 Å². The molecular weight excluding hydrogens is 518 g/mol. The van der Waals surface area contributed by atoms with E-state index in [1.807, 2.05) is 24.3 Å². The summed E-state index contributed by atoms with van der Waals surface area (Å²) in [5, 5.41) is 17.6. The van der Waals surface area contributed by atoms with Gasteiger partial charge in [-0.25, -0.2) is 0 Å². The summed E-state index contributed by atoms with van der Waals surface area (Å²) in [6.07, 6.45) is 2.60. The Morgan fingerprint density at radius 1 is 1.28 bits per heavy atom. The van der Waals surface area contributed by atoms with Gasteiger partial charge in [0, 0.05) is 23.4 Å². The zero-order valence-corrected chi connectivity index (χ0v) is 19.9. The number of rotatable bonds is 6. The Bertz CT molecular complexity index is 1230. The molecule has 4 rings (SSSR count). The van der Waals surface area contributed by atoms with Crippen molar-refractivity contribution in [3.05, 3.63) is 84.4 Å². The Morgan fingerprint density at radius 3 is 2.72 bits per heavy atom. The maximum absolute atomic E-state index is 12.4. The maximum atomic E-state index is 12.4. The lowest BCUT2D eigenvalue weighted by Crippen LogP contribution is -2.30. The number of aryl methyl sites for hydroxylation is 1. The number of amides is 1. The zero-order valence-electron chi connectivity index (χ0n) is 16.7. The van der Waals surface area contributed by atoms with E-state index in [4.69, 9.17) is 16.0 Å². The molecule has 1 aliphatic rings. The van der Waals surface area contributed by atoms with Crippen LogP contribution in [0.25, 0.3) is 17.4 Å². The fraction of sp³-hybridized carbons (Fsp3) is 0.136. The molecule has 1 saturated heterocycles. The molecule has 0 unspecified atom stereocenters. The second kappa shape index (κ2) is 9.40. The molecule has 32 heavy (non-hydrogen) atoms. The van der Waals surface area contributed by atoms with Gasteiger partial charge in [-0.1, -0.05) is 42.4 Å². The molecule has 1 amide bonds. The minimum absolute atomic E-state index is 0.157. The van der Waals surface area contributed by atoms with Crippen molar-refractivity contribution in [2.45, 2.75) is 18.8 Å². The van der Waals surface area contributed by atoms with E-state index in [2.05, 4.69) is 33.5 Å². The Labute approximate surface area is 201 Å². The molecule has 0 radical (unpaired) electrons. The number of anilines is 1. The summed E-state index contributed by atoms with van der Waals surface area (Å²) >= 11 is 10.6. The number of nitrogens with one attached hydrogen (secondary N) is 2. The molecule has 3 aromatic rings. The highest BCUT2D eigenvalue weighted by molar-refractivity contribution is 9.10. The molecule has 1 aliphatic heterocycles. The molecule has 10 heteroatoms. The highest BCUT2D eigenvalue weighted by atomic mass is 79.9. The first-order valence-corrected chi connectivity index (χ1v) is 11.7. The third-order valence-electron chi connectivity index (χ3n) is 4.78. The fourth-order valence-electron chi connectivity index (χ4n) is 3.12. The van der Waals surface area contributed by atoms with Gasteiger partial charge in [0.1, 0.15) is 16.0 Å². The fourth-order valence-corrected chi connectivity index (χ4v) is 4.67. The van der Waals surface area contributed by atoms with Crippen molar-refractivity contribution < 1.29 is 14.1 Å². The summed E-state index contributed by atoms with van der Waals surface area (Å²) in [7, 11) is 0. The van der Waals surface area contributed by atoms with Crippen molar-refractivity contribution >= 4 is 62.7 Å². The molecule has 1 atom stereocenters. The summed E-state index contributed by atoms with van der Waals surface area (Å²) in [6.45, 7) is 2.10. The molecule has 1 aromatic heterocycles. The van der Waals surface area contributed by atoms with Crippen LogP contribution in [0.2, 0.25) is 5.02 Å². The van der Waals surface area contributed by atoms with E-state index in [-0.39, 0.29) is 26.6 Å². The van der Waals surface area contributed by atoms with Crippen LogP contribution in [0.15, 0.2) is 62.3 Å². The molecule has 0 spiro atoms. The largest absolute Gasteiger partial charge is 0.457 e. The van der Waals surface area contributed by atoms with Crippen molar-refractivity contribution in [3.8, 4) is 11.3 Å². The van der Waals surface area contributed by atoms with Gasteiger partial charge in [-0.15, -0.1) is 0 Å². The molecule has 2 N–H and O–H groups in total. The first-order chi connectivity index (χ1) is 15.3. The molecule has 0 saturated carbocycles. The number of benzene rings is 2. The van der Waals surface area contributed by atoms with Crippen LogP contribution >= 0.6 is 39.3 Å². The lowest BCUT2D eigenvalue weighted by atomic mass is 10.1. The van der Waals surface area contributed by atoms with Gasteiger partial charge in [0.2, 0.25) is 0 Å². The Balaban J connectivity index is 1.50.